The standard InChI is InChI=1S/C32H47N3O4S/c1-10-23-16-18-24(19-17-23)27(28(36)33-25-15-13-12-14-22(25)3)35(32(7,8)11-2)29(37)26(20-21-40-9)34-30(38)39-31(4,5)6/h12-19,26-27H,10-11,20-21H2,1-9H3,(H,33,36)(H,34,38). The van der Waals surface area contributed by atoms with Crippen LogP contribution in [0.5, 0.6) is 0 Å². The van der Waals surface area contributed by atoms with Crippen molar-refractivity contribution >= 4 is 35.4 Å². The van der Waals surface area contributed by atoms with Crippen LogP contribution in [0.4, 0.5) is 10.5 Å². The fourth-order valence-corrected chi connectivity index (χ4v) is 4.80. The smallest absolute Gasteiger partial charge is 0.408 e. The molecule has 8 heteroatoms. The summed E-state index contributed by atoms with van der Waals surface area (Å²) in [5.41, 5.74) is 2.04. The summed E-state index contributed by atoms with van der Waals surface area (Å²) in [6, 6.07) is 13.6. The molecule has 0 saturated heterocycles. The van der Waals surface area contributed by atoms with Crippen LogP contribution in [0.1, 0.15) is 84.0 Å². The number of ether oxygens (including phenoxy) is 1. The summed E-state index contributed by atoms with van der Waals surface area (Å²) in [4.78, 5) is 43.1. The Hall–Kier alpha value is -3.00. The zero-order chi connectivity index (χ0) is 30.1. The second kappa shape index (κ2) is 14.6. The van der Waals surface area contributed by atoms with Crippen molar-refractivity contribution in [1.82, 2.24) is 10.2 Å². The molecule has 2 aromatic rings. The quantitative estimate of drug-likeness (QED) is 0.290. The van der Waals surface area contributed by atoms with Gasteiger partial charge in [-0.3, -0.25) is 9.59 Å². The summed E-state index contributed by atoms with van der Waals surface area (Å²) >= 11 is 1.59. The van der Waals surface area contributed by atoms with E-state index in [9.17, 15) is 14.4 Å². The largest absolute Gasteiger partial charge is 0.444 e. The van der Waals surface area contributed by atoms with Crippen molar-refractivity contribution in [2.24, 2.45) is 0 Å². The summed E-state index contributed by atoms with van der Waals surface area (Å²) in [6.45, 7) is 15.3. The molecule has 0 radical (unpaired) electrons. The zero-order valence-electron chi connectivity index (χ0n) is 25.6. The third-order valence-corrected chi connectivity index (χ3v) is 7.61. The number of para-hydroxylation sites is 1. The second-order valence-electron chi connectivity index (χ2n) is 11.7. The van der Waals surface area contributed by atoms with E-state index in [1.54, 1.807) is 37.4 Å². The van der Waals surface area contributed by atoms with Crippen LogP contribution < -0.4 is 10.6 Å². The minimum atomic E-state index is -0.926. The van der Waals surface area contributed by atoms with E-state index in [0.717, 1.165) is 17.5 Å². The number of carbonyl (C=O) groups is 3. The molecule has 2 rings (SSSR count). The Balaban J connectivity index is 2.63. The number of rotatable bonds is 12. The number of nitrogens with zero attached hydrogens (tertiary/aromatic N) is 1. The number of benzene rings is 2. The number of nitrogens with one attached hydrogen (secondary N) is 2. The zero-order valence-corrected chi connectivity index (χ0v) is 26.4. The number of carbonyl (C=O) groups excluding carboxylic acids is 3. The monoisotopic (exact) mass is 569 g/mol. The molecule has 40 heavy (non-hydrogen) atoms. The molecule has 2 unspecified atom stereocenters. The molecule has 0 spiro atoms. The Kier molecular flexibility index (Phi) is 12.1. The van der Waals surface area contributed by atoms with Crippen LogP contribution in [0.25, 0.3) is 0 Å². The van der Waals surface area contributed by atoms with Crippen molar-refractivity contribution in [3.8, 4) is 0 Å². The first-order valence-electron chi connectivity index (χ1n) is 14.0. The predicted octanol–water partition coefficient (Wildman–Crippen LogP) is 6.90. The van der Waals surface area contributed by atoms with Crippen molar-refractivity contribution in [2.75, 3.05) is 17.3 Å². The maximum absolute atomic E-state index is 14.5. The minimum Gasteiger partial charge on any atom is -0.444 e. The van der Waals surface area contributed by atoms with Gasteiger partial charge in [-0.05, 0) is 95.6 Å². The highest BCUT2D eigenvalue weighted by Crippen LogP contribution is 2.34. The Morgan fingerprint density at radius 2 is 1.60 bits per heavy atom. The molecule has 0 aliphatic rings. The summed E-state index contributed by atoms with van der Waals surface area (Å²) in [5, 5.41) is 5.88. The average molecular weight is 570 g/mol. The Labute approximate surface area is 244 Å². The number of hydrogen-bond donors (Lipinski definition) is 2. The average Bonchev–Trinajstić information content (AvgIpc) is 2.89. The van der Waals surface area contributed by atoms with Gasteiger partial charge in [-0.25, -0.2) is 4.79 Å². The van der Waals surface area contributed by atoms with Crippen molar-refractivity contribution in [3.05, 3.63) is 65.2 Å². The van der Waals surface area contributed by atoms with Gasteiger partial charge >= 0.3 is 6.09 Å². The van der Waals surface area contributed by atoms with E-state index in [1.807, 2.05) is 82.5 Å². The highest BCUT2D eigenvalue weighted by Gasteiger charge is 2.43. The number of aryl methyl sites for hydroxylation is 2. The maximum Gasteiger partial charge on any atom is 0.408 e. The van der Waals surface area contributed by atoms with Crippen LogP contribution >= 0.6 is 11.8 Å². The highest BCUT2D eigenvalue weighted by molar-refractivity contribution is 7.98. The molecule has 2 N–H and O–H groups in total. The molecule has 0 aromatic heterocycles. The van der Waals surface area contributed by atoms with Crippen molar-refractivity contribution < 1.29 is 19.1 Å². The second-order valence-corrected chi connectivity index (χ2v) is 12.6. The molecule has 0 bridgehead atoms. The van der Waals surface area contributed by atoms with Crippen LogP contribution in [-0.4, -0.2) is 52.0 Å². The SMILES string of the molecule is CCc1ccc(C(C(=O)Nc2ccccc2C)N(C(=O)C(CCSC)NC(=O)OC(C)(C)C)C(C)(C)CC)cc1. The van der Waals surface area contributed by atoms with E-state index in [0.29, 0.717) is 29.8 Å². The van der Waals surface area contributed by atoms with Crippen molar-refractivity contribution in [3.63, 3.8) is 0 Å². The molecule has 0 aliphatic carbocycles. The summed E-state index contributed by atoms with van der Waals surface area (Å²) < 4.78 is 5.49. The van der Waals surface area contributed by atoms with Crippen molar-refractivity contribution in [1.29, 1.82) is 0 Å². The van der Waals surface area contributed by atoms with Gasteiger partial charge in [-0.1, -0.05) is 56.3 Å². The fourth-order valence-electron chi connectivity index (χ4n) is 4.32. The van der Waals surface area contributed by atoms with E-state index in [1.165, 1.54) is 0 Å². The van der Waals surface area contributed by atoms with Crippen LogP contribution in [0, 0.1) is 6.92 Å². The van der Waals surface area contributed by atoms with Gasteiger partial charge in [0.2, 0.25) is 5.91 Å². The lowest BCUT2D eigenvalue weighted by Gasteiger charge is -2.44. The molecule has 3 amide bonds. The Morgan fingerprint density at radius 3 is 2.12 bits per heavy atom. The number of thioether (sulfide) groups is 1. The van der Waals surface area contributed by atoms with Gasteiger partial charge in [0.25, 0.3) is 5.91 Å². The Bertz CT molecular complexity index is 1140. The normalized spacial score (nSPS) is 13.2. The van der Waals surface area contributed by atoms with Gasteiger partial charge in [0.1, 0.15) is 17.7 Å². The number of hydrogen-bond acceptors (Lipinski definition) is 5. The lowest BCUT2D eigenvalue weighted by Crippen LogP contribution is -2.59. The first kappa shape index (κ1) is 33.2. The molecule has 2 aromatic carbocycles. The molecule has 0 heterocycles. The first-order valence-corrected chi connectivity index (χ1v) is 15.4. The van der Waals surface area contributed by atoms with Gasteiger partial charge in [-0.15, -0.1) is 0 Å². The summed E-state index contributed by atoms with van der Waals surface area (Å²) in [5.74, 6) is 0.0169. The van der Waals surface area contributed by atoms with E-state index in [-0.39, 0.29) is 11.8 Å². The van der Waals surface area contributed by atoms with E-state index < -0.39 is 29.3 Å². The van der Waals surface area contributed by atoms with E-state index in [4.69, 9.17) is 4.74 Å². The molecular weight excluding hydrogens is 522 g/mol. The van der Waals surface area contributed by atoms with Gasteiger partial charge < -0.3 is 20.3 Å². The topological polar surface area (TPSA) is 87.7 Å². The highest BCUT2D eigenvalue weighted by atomic mass is 32.2. The maximum atomic E-state index is 14.5. The summed E-state index contributed by atoms with van der Waals surface area (Å²) in [7, 11) is 0. The third kappa shape index (κ3) is 9.29. The molecule has 220 valence electrons. The molecule has 0 saturated carbocycles. The van der Waals surface area contributed by atoms with Crippen LogP contribution in [0.2, 0.25) is 0 Å². The van der Waals surface area contributed by atoms with Crippen LogP contribution in [0.15, 0.2) is 48.5 Å². The van der Waals surface area contributed by atoms with Gasteiger partial charge in [-0.2, -0.15) is 11.8 Å². The number of alkyl carbamates (subject to hydrolysis) is 1. The summed E-state index contributed by atoms with van der Waals surface area (Å²) in [6.07, 6.45) is 3.16. The number of amides is 3. The van der Waals surface area contributed by atoms with E-state index in [2.05, 4.69) is 17.6 Å². The molecule has 0 fully saturated rings. The van der Waals surface area contributed by atoms with Gasteiger partial charge in [0.15, 0.2) is 0 Å². The van der Waals surface area contributed by atoms with Gasteiger partial charge in [0.05, 0.1) is 0 Å². The lowest BCUT2D eigenvalue weighted by atomic mass is 9.91. The predicted molar refractivity (Wildman–Crippen MR) is 166 cm³/mol. The molecule has 7 nitrogen and oxygen atoms in total. The molecule has 2 atom stereocenters. The minimum absolute atomic E-state index is 0.311. The van der Waals surface area contributed by atoms with Crippen LogP contribution in [0.3, 0.4) is 0 Å². The van der Waals surface area contributed by atoms with Crippen molar-refractivity contribution in [2.45, 2.75) is 97.9 Å². The Morgan fingerprint density at radius 1 is 0.975 bits per heavy atom. The fraction of sp³-hybridized carbons (Fsp3) is 0.531. The molecular formula is C32H47N3O4S. The van der Waals surface area contributed by atoms with Gasteiger partial charge in [0, 0.05) is 11.2 Å². The lowest BCUT2D eigenvalue weighted by molar-refractivity contribution is -0.147. The van der Waals surface area contributed by atoms with E-state index >= 15 is 0 Å². The first-order chi connectivity index (χ1) is 18.7. The van der Waals surface area contributed by atoms with Crippen LogP contribution in [-0.2, 0) is 20.7 Å². The third-order valence-electron chi connectivity index (χ3n) is 6.97. The molecule has 0 aliphatic heterocycles. The number of anilines is 1.